The molecule has 6 heteroatoms. The molecule has 3 N–H and O–H groups in total. The molecule has 0 aliphatic heterocycles. The number of nitrogens with zero attached hydrogens (tertiary/aromatic N) is 2. The van der Waals surface area contributed by atoms with Gasteiger partial charge in [0.15, 0.2) is 11.6 Å². The van der Waals surface area contributed by atoms with E-state index in [0.717, 1.165) is 5.56 Å². The number of hydrogen-bond acceptors (Lipinski definition) is 5. The van der Waals surface area contributed by atoms with Crippen LogP contribution in [0.4, 0.5) is 21.7 Å². The summed E-state index contributed by atoms with van der Waals surface area (Å²) >= 11 is 0. The van der Waals surface area contributed by atoms with Crippen LogP contribution in [0.1, 0.15) is 5.56 Å². The van der Waals surface area contributed by atoms with Gasteiger partial charge in [-0.25, -0.2) is 14.4 Å². The lowest BCUT2D eigenvalue weighted by molar-refractivity contribution is 0.415. The van der Waals surface area contributed by atoms with Crippen LogP contribution in [0, 0.1) is 12.7 Å². The van der Waals surface area contributed by atoms with E-state index in [0.29, 0.717) is 17.3 Å². The van der Waals surface area contributed by atoms with Gasteiger partial charge in [0.05, 0.1) is 7.11 Å². The third kappa shape index (κ3) is 2.48. The fourth-order valence-electron chi connectivity index (χ4n) is 1.62. The van der Waals surface area contributed by atoms with E-state index >= 15 is 0 Å². The number of nitrogens with one attached hydrogen (secondary N) is 1. The number of nitrogen functional groups attached to an aromatic ring is 1. The summed E-state index contributed by atoms with van der Waals surface area (Å²) in [5, 5.41) is 2.95. The van der Waals surface area contributed by atoms with Gasteiger partial charge in [0.2, 0.25) is 5.75 Å². The van der Waals surface area contributed by atoms with Crippen molar-refractivity contribution in [2.75, 3.05) is 18.2 Å². The van der Waals surface area contributed by atoms with Gasteiger partial charge in [0.25, 0.3) is 0 Å². The Labute approximate surface area is 104 Å². The lowest BCUT2D eigenvalue weighted by atomic mass is 10.2. The molecular formula is C12H13FN4O. The molecule has 5 nitrogen and oxygen atoms in total. The third-order valence-corrected chi connectivity index (χ3v) is 2.34. The first-order valence-corrected chi connectivity index (χ1v) is 5.29. The lowest BCUT2D eigenvalue weighted by Crippen LogP contribution is -2.03. The molecule has 0 amide bonds. The van der Waals surface area contributed by atoms with Gasteiger partial charge < -0.3 is 15.8 Å². The number of aryl methyl sites for hydroxylation is 1. The number of benzene rings is 1. The van der Waals surface area contributed by atoms with Crippen molar-refractivity contribution in [2.45, 2.75) is 6.92 Å². The second-order valence-corrected chi connectivity index (χ2v) is 3.78. The highest BCUT2D eigenvalue weighted by Gasteiger charge is 2.10. The maximum atomic E-state index is 13.3. The predicted octanol–water partition coefficient (Wildman–Crippen LogP) is 2.26. The summed E-state index contributed by atoms with van der Waals surface area (Å²) < 4.78 is 18.4. The summed E-state index contributed by atoms with van der Waals surface area (Å²) in [7, 11) is 1.47. The van der Waals surface area contributed by atoms with Gasteiger partial charge in [0, 0.05) is 5.69 Å². The number of methoxy groups -OCH3 is 1. The fourth-order valence-corrected chi connectivity index (χ4v) is 1.62. The Kier molecular flexibility index (Phi) is 3.27. The average Bonchev–Trinajstić information content (AvgIpc) is 2.27. The molecule has 1 aromatic heterocycles. The van der Waals surface area contributed by atoms with Crippen molar-refractivity contribution in [1.82, 2.24) is 9.97 Å². The van der Waals surface area contributed by atoms with Crippen LogP contribution in [0.25, 0.3) is 0 Å². The van der Waals surface area contributed by atoms with E-state index in [1.165, 1.54) is 25.6 Å². The molecule has 94 valence electrons. The third-order valence-electron chi connectivity index (χ3n) is 2.34. The number of ether oxygens (including phenoxy) is 1. The molecule has 0 unspecified atom stereocenters. The van der Waals surface area contributed by atoms with Crippen molar-refractivity contribution in [1.29, 1.82) is 0 Å². The van der Waals surface area contributed by atoms with Crippen molar-refractivity contribution in [3.63, 3.8) is 0 Å². The number of hydrogen-bond donors (Lipinski definition) is 2. The summed E-state index contributed by atoms with van der Waals surface area (Å²) in [5.74, 6) is 0.635. The molecule has 0 saturated heterocycles. The van der Waals surface area contributed by atoms with Crippen LogP contribution >= 0.6 is 0 Å². The van der Waals surface area contributed by atoms with Gasteiger partial charge in [-0.1, -0.05) is 0 Å². The number of anilines is 3. The van der Waals surface area contributed by atoms with E-state index in [4.69, 9.17) is 10.5 Å². The second-order valence-electron chi connectivity index (χ2n) is 3.78. The van der Waals surface area contributed by atoms with E-state index in [1.807, 2.05) is 0 Å². The van der Waals surface area contributed by atoms with Crippen LogP contribution in [0.2, 0.25) is 0 Å². The molecule has 0 atom stereocenters. The van der Waals surface area contributed by atoms with E-state index in [-0.39, 0.29) is 11.6 Å². The highest BCUT2D eigenvalue weighted by atomic mass is 19.1. The van der Waals surface area contributed by atoms with Crippen molar-refractivity contribution in [3.05, 3.63) is 35.9 Å². The van der Waals surface area contributed by atoms with E-state index in [1.54, 1.807) is 13.0 Å². The maximum absolute atomic E-state index is 13.3. The number of nitrogens with two attached hydrogens (primary N) is 1. The van der Waals surface area contributed by atoms with Crippen molar-refractivity contribution < 1.29 is 9.13 Å². The Bertz CT molecular complexity index is 554. The van der Waals surface area contributed by atoms with E-state index < -0.39 is 0 Å². The molecule has 0 bridgehead atoms. The van der Waals surface area contributed by atoms with Crippen LogP contribution in [0.3, 0.4) is 0 Å². The molecular weight excluding hydrogens is 235 g/mol. The molecule has 18 heavy (non-hydrogen) atoms. The molecule has 0 saturated carbocycles. The number of halogens is 1. The normalized spacial score (nSPS) is 10.2. The van der Waals surface area contributed by atoms with Crippen LogP contribution in [-0.2, 0) is 0 Å². The molecule has 0 aliphatic rings. The quantitative estimate of drug-likeness (QED) is 0.871. The van der Waals surface area contributed by atoms with Crippen LogP contribution in [-0.4, -0.2) is 17.1 Å². The monoisotopic (exact) mass is 248 g/mol. The minimum atomic E-state index is -0.321. The standard InChI is InChI=1S/C12H13FN4O/c1-7-3-8(13)5-9(4-7)17-12-10(18-2)11(14)15-6-16-12/h3-6H,1-2H3,(H3,14,15,16,17). The average molecular weight is 248 g/mol. The smallest absolute Gasteiger partial charge is 0.204 e. The van der Waals surface area contributed by atoms with Gasteiger partial charge in [0.1, 0.15) is 12.1 Å². The molecule has 0 radical (unpaired) electrons. The zero-order valence-corrected chi connectivity index (χ0v) is 10.1. The summed E-state index contributed by atoms with van der Waals surface area (Å²) in [6.45, 7) is 1.81. The number of rotatable bonds is 3. The molecule has 0 aliphatic carbocycles. The molecule has 1 aromatic carbocycles. The van der Waals surface area contributed by atoms with Crippen LogP contribution in [0.15, 0.2) is 24.5 Å². The van der Waals surface area contributed by atoms with Crippen LogP contribution < -0.4 is 15.8 Å². The highest BCUT2D eigenvalue weighted by molar-refractivity contribution is 5.68. The molecule has 2 aromatic rings. The number of aromatic nitrogens is 2. The lowest BCUT2D eigenvalue weighted by Gasteiger charge is -2.11. The van der Waals surface area contributed by atoms with Gasteiger partial charge in [-0.05, 0) is 30.7 Å². The summed E-state index contributed by atoms with van der Waals surface area (Å²) in [6.07, 6.45) is 1.31. The first kappa shape index (κ1) is 12.1. The highest BCUT2D eigenvalue weighted by Crippen LogP contribution is 2.29. The van der Waals surface area contributed by atoms with Gasteiger partial charge in [-0.3, -0.25) is 0 Å². The Morgan fingerprint density at radius 2 is 2.06 bits per heavy atom. The van der Waals surface area contributed by atoms with Gasteiger partial charge in [-0.15, -0.1) is 0 Å². The SMILES string of the molecule is COc1c(N)ncnc1Nc1cc(C)cc(F)c1. The zero-order valence-electron chi connectivity index (χ0n) is 10.1. The molecule has 0 fully saturated rings. The van der Waals surface area contributed by atoms with Gasteiger partial charge in [-0.2, -0.15) is 0 Å². The first-order valence-electron chi connectivity index (χ1n) is 5.29. The summed E-state index contributed by atoms with van der Waals surface area (Å²) in [4.78, 5) is 7.83. The van der Waals surface area contributed by atoms with Crippen LogP contribution in [0.5, 0.6) is 5.75 Å². The topological polar surface area (TPSA) is 73.1 Å². The van der Waals surface area contributed by atoms with Gasteiger partial charge >= 0.3 is 0 Å². The molecule has 0 spiro atoms. The summed E-state index contributed by atoms with van der Waals surface area (Å²) in [6, 6.07) is 4.60. The minimum Gasteiger partial charge on any atom is -0.490 e. The predicted molar refractivity (Wildman–Crippen MR) is 67.4 cm³/mol. The zero-order chi connectivity index (χ0) is 13.1. The summed E-state index contributed by atoms with van der Waals surface area (Å²) in [5.41, 5.74) is 7.03. The van der Waals surface area contributed by atoms with Crippen molar-refractivity contribution >= 4 is 17.3 Å². The minimum absolute atomic E-state index is 0.225. The Balaban J connectivity index is 2.36. The van der Waals surface area contributed by atoms with E-state index in [9.17, 15) is 4.39 Å². The second kappa shape index (κ2) is 4.87. The first-order chi connectivity index (χ1) is 8.60. The molecule has 1 heterocycles. The maximum Gasteiger partial charge on any atom is 0.204 e. The molecule has 2 rings (SSSR count). The largest absolute Gasteiger partial charge is 0.490 e. The Morgan fingerprint density at radius 3 is 2.72 bits per heavy atom. The Hall–Kier alpha value is -2.37. The van der Waals surface area contributed by atoms with Crippen molar-refractivity contribution in [2.24, 2.45) is 0 Å². The van der Waals surface area contributed by atoms with E-state index in [2.05, 4.69) is 15.3 Å². The van der Waals surface area contributed by atoms with Crippen molar-refractivity contribution in [3.8, 4) is 5.75 Å². The fraction of sp³-hybridized carbons (Fsp3) is 0.167. The Morgan fingerprint density at radius 1 is 1.28 bits per heavy atom.